The number of hydrogen-bond donors (Lipinski definition) is 1. The Kier molecular flexibility index (Phi) is 9.30. The van der Waals surface area contributed by atoms with E-state index in [-0.39, 0.29) is 12.4 Å². The molecule has 104 valence electrons. The van der Waals surface area contributed by atoms with Gasteiger partial charge in [0.15, 0.2) is 0 Å². The SMILES string of the molecule is CCOc1c(Br)cc(Br)cc1CNC(C)CC.Cl. The normalized spacial score (nSPS) is 11.8. The van der Waals surface area contributed by atoms with Crippen molar-refractivity contribution in [2.75, 3.05) is 6.61 Å². The first-order valence-electron chi connectivity index (χ1n) is 5.92. The van der Waals surface area contributed by atoms with Crippen molar-refractivity contribution in [1.82, 2.24) is 5.32 Å². The van der Waals surface area contributed by atoms with Gasteiger partial charge in [0.1, 0.15) is 5.75 Å². The summed E-state index contributed by atoms with van der Waals surface area (Å²) in [5, 5.41) is 3.48. The lowest BCUT2D eigenvalue weighted by Gasteiger charge is -2.16. The topological polar surface area (TPSA) is 21.3 Å². The van der Waals surface area contributed by atoms with Crippen LogP contribution < -0.4 is 10.1 Å². The minimum absolute atomic E-state index is 0. The fraction of sp³-hybridized carbons (Fsp3) is 0.538. The Morgan fingerprint density at radius 2 is 1.94 bits per heavy atom. The van der Waals surface area contributed by atoms with Crippen LogP contribution in [0.2, 0.25) is 0 Å². The van der Waals surface area contributed by atoms with Gasteiger partial charge in [-0.1, -0.05) is 22.9 Å². The third-order valence-electron chi connectivity index (χ3n) is 2.63. The fourth-order valence-corrected chi connectivity index (χ4v) is 2.91. The highest BCUT2D eigenvalue weighted by molar-refractivity contribution is 9.11. The standard InChI is InChI=1S/C13H19Br2NO.ClH/c1-4-9(3)16-8-10-6-11(14)7-12(15)13(10)17-5-2;/h6-7,9,16H,4-5,8H2,1-3H3;1H. The molecule has 1 N–H and O–H groups in total. The van der Waals surface area contributed by atoms with E-state index in [1.807, 2.05) is 13.0 Å². The number of hydrogen-bond acceptors (Lipinski definition) is 2. The maximum Gasteiger partial charge on any atom is 0.138 e. The molecule has 0 aliphatic carbocycles. The fourth-order valence-electron chi connectivity index (χ4n) is 1.48. The van der Waals surface area contributed by atoms with Gasteiger partial charge < -0.3 is 10.1 Å². The molecule has 0 saturated carbocycles. The summed E-state index contributed by atoms with van der Waals surface area (Å²) in [6.45, 7) is 7.87. The number of nitrogens with one attached hydrogen (secondary N) is 1. The third-order valence-corrected chi connectivity index (χ3v) is 3.67. The zero-order valence-electron chi connectivity index (χ0n) is 10.9. The number of halogens is 3. The van der Waals surface area contributed by atoms with E-state index < -0.39 is 0 Å². The van der Waals surface area contributed by atoms with E-state index in [0.29, 0.717) is 12.6 Å². The van der Waals surface area contributed by atoms with Gasteiger partial charge in [0.05, 0.1) is 11.1 Å². The van der Waals surface area contributed by atoms with Gasteiger partial charge in [-0.25, -0.2) is 0 Å². The smallest absolute Gasteiger partial charge is 0.138 e. The molecule has 0 spiro atoms. The van der Waals surface area contributed by atoms with Crippen LogP contribution in [-0.4, -0.2) is 12.6 Å². The van der Waals surface area contributed by atoms with Gasteiger partial charge in [0.25, 0.3) is 0 Å². The highest BCUT2D eigenvalue weighted by Gasteiger charge is 2.10. The number of rotatable bonds is 6. The second kappa shape index (κ2) is 9.18. The van der Waals surface area contributed by atoms with E-state index in [4.69, 9.17) is 4.74 Å². The van der Waals surface area contributed by atoms with Crippen molar-refractivity contribution < 1.29 is 4.74 Å². The second-order valence-corrected chi connectivity index (χ2v) is 5.77. The Morgan fingerprint density at radius 3 is 2.50 bits per heavy atom. The summed E-state index contributed by atoms with van der Waals surface area (Å²) in [5.74, 6) is 0.937. The zero-order valence-corrected chi connectivity index (χ0v) is 14.9. The van der Waals surface area contributed by atoms with E-state index in [0.717, 1.165) is 27.7 Å². The van der Waals surface area contributed by atoms with Crippen LogP contribution in [0.15, 0.2) is 21.1 Å². The maximum absolute atomic E-state index is 5.68. The van der Waals surface area contributed by atoms with Gasteiger partial charge in [-0.3, -0.25) is 0 Å². The molecule has 1 rings (SSSR count). The Hall–Kier alpha value is 0.230. The van der Waals surface area contributed by atoms with Crippen LogP contribution in [0.4, 0.5) is 0 Å². The summed E-state index contributed by atoms with van der Waals surface area (Å²) in [6.07, 6.45) is 1.12. The minimum atomic E-state index is 0. The zero-order chi connectivity index (χ0) is 12.8. The van der Waals surface area contributed by atoms with Crippen molar-refractivity contribution in [3.63, 3.8) is 0 Å². The molecule has 0 amide bonds. The quantitative estimate of drug-likeness (QED) is 0.730. The lowest BCUT2D eigenvalue weighted by Crippen LogP contribution is -2.24. The number of benzene rings is 1. The Bertz CT molecular complexity index is 374. The van der Waals surface area contributed by atoms with Crippen molar-refractivity contribution in [1.29, 1.82) is 0 Å². The molecule has 0 fully saturated rings. The molecule has 0 radical (unpaired) electrons. The van der Waals surface area contributed by atoms with E-state index >= 15 is 0 Å². The predicted molar refractivity (Wildman–Crippen MR) is 86.9 cm³/mol. The van der Waals surface area contributed by atoms with Gasteiger partial charge in [0.2, 0.25) is 0 Å². The summed E-state index contributed by atoms with van der Waals surface area (Å²) in [7, 11) is 0. The first-order chi connectivity index (χ1) is 8.08. The molecule has 18 heavy (non-hydrogen) atoms. The Morgan fingerprint density at radius 1 is 1.28 bits per heavy atom. The molecule has 1 aromatic rings. The maximum atomic E-state index is 5.68. The Balaban J connectivity index is 0.00000289. The van der Waals surface area contributed by atoms with E-state index in [1.165, 1.54) is 5.56 Å². The molecule has 2 nitrogen and oxygen atoms in total. The summed E-state index contributed by atoms with van der Waals surface area (Å²) >= 11 is 7.05. The summed E-state index contributed by atoms with van der Waals surface area (Å²) < 4.78 is 7.74. The first-order valence-corrected chi connectivity index (χ1v) is 7.51. The average molecular weight is 402 g/mol. The minimum Gasteiger partial charge on any atom is -0.492 e. The third kappa shape index (κ3) is 5.47. The van der Waals surface area contributed by atoms with Crippen LogP contribution >= 0.6 is 44.3 Å². The van der Waals surface area contributed by atoms with Crippen LogP contribution in [0.3, 0.4) is 0 Å². The Labute approximate surface area is 133 Å². The van der Waals surface area contributed by atoms with E-state index in [9.17, 15) is 0 Å². The molecule has 0 aromatic heterocycles. The molecular weight excluding hydrogens is 381 g/mol. The first kappa shape index (κ1) is 18.2. The van der Waals surface area contributed by atoms with Crippen molar-refractivity contribution in [2.24, 2.45) is 0 Å². The van der Waals surface area contributed by atoms with Crippen LogP contribution in [0.1, 0.15) is 32.8 Å². The summed E-state index contributed by atoms with van der Waals surface area (Å²) in [5.41, 5.74) is 1.17. The van der Waals surface area contributed by atoms with Gasteiger partial charge in [0, 0.05) is 22.6 Å². The highest BCUT2D eigenvalue weighted by Crippen LogP contribution is 2.33. The predicted octanol–water partition coefficient (Wildman–Crippen LogP) is 4.92. The number of ether oxygens (including phenoxy) is 1. The second-order valence-electron chi connectivity index (χ2n) is 4.00. The van der Waals surface area contributed by atoms with Crippen LogP contribution in [-0.2, 0) is 6.54 Å². The molecule has 0 heterocycles. The summed E-state index contributed by atoms with van der Waals surface area (Å²) in [6, 6.07) is 4.63. The van der Waals surface area contributed by atoms with Crippen molar-refractivity contribution in [2.45, 2.75) is 39.8 Å². The molecule has 0 saturated heterocycles. The monoisotopic (exact) mass is 399 g/mol. The summed E-state index contributed by atoms with van der Waals surface area (Å²) in [4.78, 5) is 0. The van der Waals surface area contributed by atoms with Crippen molar-refractivity contribution in [3.8, 4) is 5.75 Å². The highest BCUT2D eigenvalue weighted by atomic mass is 79.9. The van der Waals surface area contributed by atoms with Crippen LogP contribution in [0, 0.1) is 0 Å². The largest absolute Gasteiger partial charge is 0.492 e. The van der Waals surface area contributed by atoms with Gasteiger partial charge in [-0.15, -0.1) is 12.4 Å². The van der Waals surface area contributed by atoms with Gasteiger partial charge in [-0.2, -0.15) is 0 Å². The van der Waals surface area contributed by atoms with E-state index in [2.05, 4.69) is 57.1 Å². The lowest BCUT2D eigenvalue weighted by atomic mass is 10.1. The average Bonchev–Trinajstić information content (AvgIpc) is 2.29. The molecular formula is C13H20Br2ClNO. The molecule has 5 heteroatoms. The molecule has 1 aromatic carbocycles. The van der Waals surface area contributed by atoms with Gasteiger partial charge in [-0.05, 0) is 48.3 Å². The molecule has 1 atom stereocenters. The molecule has 0 aliphatic heterocycles. The van der Waals surface area contributed by atoms with Crippen molar-refractivity contribution in [3.05, 3.63) is 26.6 Å². The molecule has 0 bridgehead atoms. The van der Waals surface area contributed by atoms with Crippen molar-refractivity contribution >= 4 is 44.3 Å². The van der Waals surface area contributed by atoms with E-state index in [1.54, 1.807) is 0 Å². The lowest BCUT2D eigenvalue weighted by molar-refractivity contribution is 0.332. The van der Waals surface area contributed by atoms with Gasteiger partial charge >= 0.3 is 0 Å². The van der Waals surface area contributed by atoms with Crippen LogP contribution in [0.25, 0.3) is 0 Å². The molecule has 1 unspecified atom stereocenters. The van der Waals surface area contributed by atoms with Crippen LogP contribution in [0.5, 0.6) is 5.75 Å². The molecule has 0 aliphatic rings.